The van der Waals surface area contributed by atoms with E-state index in [1.54, 1.807) is 18.5 Å². The summed E-state index contributed by atoms with van der Waals surface area (Å²) in [6.45, 7) is 3.64. The molecule has 0 aliphatic carbocycles. The van der Waals surface area contributed by atoms with Gasteiger partial charge in [0.1, 0.15) is 0 Å². The summed E-state index contributed by atoms with van der Waals surface area (Å²) in [4.78, 5) is 28.3. The maximum atomic E-state index is 11.9. The van der Waals surface area contributed by atoms with Crippen LogP contribution < -0.4 is 10.8 Å². The molecule has 4 rings (SSSR count). The molecule has 8 heteroatoms. The van der Waals surface area contributed by atoms with Crippen LogP contribution in [0.4, 0.5) is 5.95 Å². The van der Waals surface area contributed by atoms with E-state index in [0.29, 0.717) is 18.6 Å². The first kappa shape index (κ1) is 21.4. The van der Waals surface area contributed by atoms with Gasteiger partial charge in [-0.3, -0.25) is 9.69 Å². The van der Waals surface area contributed by atoms with Crippen LogP contribution in [-0.2, 0) is 20.9 Å². The van der Waals surface area contributed by atoms with Crippen molar-refractivity contribution in [2.75, 3.05) is 25.0 Å². The first-order chi connectivity index (χ1) is 15.2. The molecule has 31 heavy (non-hydrogen) atoms. The van der Waals surface area contributed by atoms with Gasteiger partial charge in [0.25, 0.3) is 5.91 Å². The van der Waals surface area contributed by atoms with E-state index in [9.17, 15) is 4.79 Å². The van der Waals surface area contributed by atoms with Crippen molar-refractivity contribution in [3.63, 3.8) is 0 Å². The minimum atomic E-state index is -0.362. The Labute approximate surface area is 182 Å². The third kappa shape index (κ3) is 6.85. The first-order valence-electron chi connectivity index (χ1n) is 10.8. The maximum Gasteiger partial charge on any atom is 0.267 e. The molecule has 0 bridgehead atoms. The minimum Gasteiger partial charge on any atom is -0.350 e. The van der Waals surface area contributed by atoms with Gasteiger partial charge in [0.2, 0.25) is 5.95 Å². The normalized spacial score (nSPS) is 21.9. The predicted molar refractivity (Wildman–Crippen MR) is 118 cm³/mol. The van der Waals surface area contributed by atoms with E-state index < -0.39 is 0 Å². The quantitative estimate of drug-likeness (QED) is 0.499. The molecule has 1 aromatic carbocycles. The fourth-order valence-electron chi connectivity index (χ4n) is 3.75. The van der Waals surface area contributed by atoms with E-state index in [4.69, 9.17) is 9.57 Å². The van der Waals surface area contributed by atoms with Gasteiger partial charge in [-0.1, -0.05) is 30.3 Å². The number of likely N-dealkylation sites (tertiary alicyclic amines) is 1. The molecule has 0 saturated carbocycles. The monoisotopic (exact) mass is 423 g/mol. The highest BCUT2D eigenvalue weighted by molar-refractivity contribution is 5.90. The van der Waals surface area contributed by atoms with Gasteiger partial charge in [0.05, 0.1) is 0 Å². The largest absolute Gasteiger partial charge is 0.350 e. The summed E-state index contributed by atoms with van der Waals surface area (Å²) in [7, 11) is 0. The molecule has 2 aliphatic rings. The second-order valence-electron chi connectivity index (χ2n) is 7.90. The van der Waals surface area contributed by atoms with Crippen molar-refractivity contribution < 1.29 is 14.4 Å². The summed E-state index contributed by atoms with van der Waals surface area (Å²) in [6.07, 6.45) is 10.0. The van der Waals surface area contributed by atoms with Crippen LogP contribution in [0, 0.1) is 0 Å². The van der Waals surface area contributed by atoms with Gasteiger partial charge in [-0.05, 0) is 30.9 Å². The number of nitrogens with one attached hydrogen (secondary N) is 2. The van der Waals surface area contributed by atoms with Crippen molar-refractivity contribution in [3.8, 4) is 0 Å². The fraction of sp³-hybridized carbons (Fsp3) is 0.435. The Morgan fingerprint density at radius 3 is 2.81 bits per heavy atom. The van der Waals surface area contributed by atoms with E-state index in [1.807, 2.05) is 6.07 Å². The van der Waals surface area contributed by atoms with Crippen molar-refractivity contribution in [1.82, 2.24) is 20.3 Å². The number of aromatic nitrogens is 2. The summed E-state index contributed by atoms with van der Waals surface area (Å²) in [5.41, 5.74) is 4.47. The van der Waals surface area contributed by atoms with Crippen LogP contribution in [0.5, 0.6) is 0 Å². The molecular weight excluding hydrogens is 394 g/mol. The van der Waals surface area contributed by atoms with E-state index in [-0.39, 0.29) is 12.2 Å². The van der Waals surface area contributed by atoms with Crippen LogP contribution in [-0.4, -0.2) is 52.8 Å². The van der Waals surface area contributed by atoms with Crippen molar-refractivity contribution >= 4 is 17.9 Å². The summed E-state index contributed by atoms with van der Waals surface area (Å²) in [5, 5.41) is 3.40. The number of rotatable bonds is 8. The zero-order chi connectivity index (χ0) is 21.3. The molecule has 1 aromatic heterocycles. The van der Waals surface area contributed by atoms with Gasteiger partial charge in [0, 0.05) is 62.7 Å². The summed E-state index contributed by atoms with van der Waals surface area (Å²) in [5.74, 6) is 0.256. The van der Waals surface area contributed by atoms with Gasteiger partial charge in [-0.15, -0.1) is 0 Å². The Morgan fingerprint density at radius 2 is 2.03 bits per heavy atom. The smallest absolute Gasteiger partial charge is 0.267 e. The summed E-state index contributed by atoms with van der Waals surface area (Å²) >= 11 is 0. The molecule has 164 valence electrons. The van der Waals surface area contributed by atoms with Gasteiger partial charge >= 0.3 is 0 Å². The SMILES string of the molecule is O=C(C=Cc1cnc(N[C@@H]2CCN(Cc3ccccc3)C2)nc1)NOC1CCCCO1. The van der Waals surface area contributed by atoms with Crippen LogP contribution >= 0.6 is 0 Å². The van der Waals surface area contributed by atoms with Crippen LogP contribution in [0.15, 0.2) is 48.8 Å². The van der Waals surface area contributed by atoms with Gasteiger partial charge in [-0.2, -0.15) is 0 Å². The van der Waals surface area contributed by atoms with E-state index in [0.717, 1.165) is 50.9 Å². The molecule has 0 spiro atoms. The number of nitrogens with zero attached hydrogens (tertiary/aromatic N) is 3. The van der Waals surface area contributed by atoms with Gasteiger partial charge < -0.3 is 10.1 Å². The van der Waals surface area contributed by atoms with Crippen LogP contribution in [0.1, 0.15) is 36.8 Å². The molecule has 2 atom stereocenters. The first-order valence-corrected chi connectivity index (χ1v) is 10.8. The second-order valence-corrected chi connectivity index (χ2v) is 7.90. The Kier molecular flexibility index (Phi) is 7.60. The number of anilines is 1. The van der Waals surface area contributed by atoms with Crippen LogP contribution in [0.2, 0.25) is 0 Å². The highest BCUT2D eigenvalue weighted by Crippen LogP contribution is 2.16. The standard InChI is InChI=1S/C23H29N5O3/c29-21(27-31-22-8-4-5-13-30-22)10-9-19-14-24-23(25-15-19)26-20-11-12-28(17-20)16-18-6-2-1-3-7-18/h1-3,6-7,9-10,14-15,20,22H,4-5,8,11-13,16-17H2,(H,27,29)(H,24,25,26)/t20-,22?/m1/s1. The number of carbonyl (C=O) groups excluding carboxylic acids is 1. The second kappa shape index (κ2) is 11.0. The van der Waals surface area contributed by atoms with Gasteiger partial charge in [0.15, 0.2) is 6.29 Å². The van der Waals surface area contributed by atoms with Crippen LogP contribution in [0.25, 0.3) is 6.08 Å². The molecule has 1 amide bonds. The maximum absolute atomic E-state index is 11.9. The minimum absolute atomic E-state index is 0.329. The number of hydrogen-bond donors (Lipinski definition) is 2. The number of ether oxygens (including phenoxy) is 1. The molecule has 2 N–H and O–H groups in total. The van der Waals surface area contributed by atoms with Crippen molar-refractivity contribution in [3.05, 3.63) is 59.9 Å². The highest BCUT2D eigenvalue weighted by atomic mass is 16.8. The Bertz CT molecular complexity index is 853. The average molecular weight is 424 g/mol. The zero-order valence-corrected chi connectivity index (χ0v) is 17.6. The molecule has 2 fully saturated rings. The lowest BCUT2D eigenvalue weighted by Crippen LogP contribution is -2.32. The Hall–Kier alpha value is -2.81. The highest BCUT2D eigenvalue weighted by Gasteiger charge is 2.22. The predicted octanol–water partition coefficient (Wildman–Crippen LogP) is 2.75. The Balaban J connectivity index is 1.19. The fourth-order valence-corrected chi connectivity index (χ4v) is 3.75. The number of carbonyl (C=O) groups is 1. The van der Waals surface area contributed by atoms with Crippen molar-refractivity contribution in [2.45, 2.75) is 44.6 Å². The molecule has 8 nitrogen and oxygen atoms in total. The molecular formula is C23H29N5O3. The summed E-state index contributed by atoms with van der Waals surface area (Å²) in [6, 6.07) is 10.8. The molecule has 3 heterocycles. The number of hydroxylamine groups is 1. The topological polar surface area (TPSA) is 88.6 Å². The lowest BCUT2D eigenvalue weighted by Gasteiger charge is -2.21. The van der Waals surface area contributed by atoms with E-state index in [2.05, 4.69) is 49.9 Å². The lowest BCUT2D eigenvalue weighted by molar-refractivity contribution is -0.198. The zero-order valence-electron chi connectivity index (χ0n) is 17.6. The molecule has 2 saturated heterocycles. The van der Waals surface area contributed by atoms with Crippen LogP contribution in [0.3, 0.4) is 0 Å². The van der Waals surface area contributed by atoms with Crippen molar-refractivity contribution in [2.24, 2.45) is 0 Å². The molecule has 2 aliphatic heterocycles. The number of amides is 1. The lowest BCUT2D eigenvalue weighted by atomic mass is 10.2. The molecule has 1 unspecified atom stereocenters. The number of hydrogen-bond acceptors (Lipinski definition) is 7. The molecule has 0 radical (unpaired) electrons. The Morgan fingerprint density at radius 1 is 1.19 bits per heavy atom. The molecule has 2 aromatic rings. The van der Waals surface area contributed by atoms with Gasteiger partial charge in [-0.25, -0.2) is 20.3 Å². The third-order valence-electron chi connectivity index (χ3n) is 5.38. The third-order valence-corrected chi connectivity index (χ3v) is 5.38. The van der Waals surface area contributed by atoms with E-state index in [1.165, 1.54) is 11.6 Å². The average Bonchev–Trinajstić information content (AvgIpc) is 3.25. The van der Waals surface area contributed by atoms with Crippen molar-refractivity contribution in [1.29, 1.82) is 0 Å². The van der Waals surface area contributed by atoms with E-state index >= 15 is 0 Å². The summed E-state index contributed by atoms with van der Waals surface area (Å²) < 4.78 is 5.40. The number of benzene rings is 1.